The van der Waals surface area contributed by atoms with Crippen molar-refractivity contribution in [2.45, 2.75) is 44.4 Å². The minimum atomic E-state index is -0.748. The summed E-state index contributed by atoms with van der Waals surface area (Å²) in [6.45, 7) is 1.78. The average Bonchev–Trinajstić information content (AvgIpc) is 2.66. The summed E-state index contributed by atoms with van der Waals surface area (Å²) < 4.78 is 4.98. The molecule has 0 atom stereocenters. The first kappa shape index (κ1) is 10.2. The van der Waals surface area contributed by atoms with Gasteiger partial charge in [0.2, 0.25) is 0 Å². The lowest BCUT2D eigenvalue weighted by Crippen LogP contribution is -2.38. The Bertz CT molecular complexity index is 364. The highest BCUT2D eigenvalue weighted by Crippen LogP contribution is 2.40. The van der Waals surface area contributed by atoms with Gasteiger partial charge in [0, 0.05) is 5.56 Å². The molecular formula is C11H15NO3. The number of carboxylic acids is 1. The van der Waals surface area contributed by atoms with Gasteiger partial charge in [-0.05, 0) is 19.8 Å². The molecule has 0 bridgehead atoms. The van der Waals surface area contributed by atoms with E-state index in [1.54, 1.807) is 13.1 Å². The summed E-state index contributed by atoms with van der Waals surface area (Å²) in [6, 6.07) is 0. The Labute approximate surface area is 88.3 Å². The molecule has 82 valence electrons. The van der Waals surface area contributed by atoms with Crippen LogP contribution in [0.25, 0.3) is 0 Å². The molecule has 1 heterocycles. The molecule has 4 nitrogen and oxygen atoms in total. The highest BCUT2D eigenvalue weighted by molar-refractivity contribution is 5.81. The van der Waals surface area contributed by atoms with E-state index in [1.807, 2.05) is 0 Å². The molecule has 0 aromatic carbocycles. The van der Waals surface area contributed by atoms with Crippen LogP contribution < -0.4 is 0 Å². The first-order valence-corrected chi connectivity index (χ1v) is 5.32. The van der Waals surface area contributed by atoms with Crippen LogP contribution in [-0.2, 0) is 10.2 Å². The van der Waals surface area contributed by atoms with Gasteiger partial charge < -0.3 is 9.63 Å². The summed E-state index contributed by atoms with van der Waals surface area (Å²) in [6.07, 6.45) is 6.02. The second-order valence-electron chi connectivity index (χ2n) is 4.24. The largest absolute Gasteiger partial charge is 0.481 e. The minimum Gasteiger partial charge on any atom is -0.481 e. The first-order chi connectivity index (χ1) is 7.17. The van der Waals surface area contributed by atoms with Crippen LogP contribution in [0.4, 0.5) is 0 Å². The molecule has 1 aromatic heterocycles. The molecule has 2 rings (SSSR count). The average molecular weight is 209 g/mol. The van der Waals surface area contributed by atoms with Crippen molar-refractivity contribution in [1.29, 1.82) is 0 Å². The van der Waals surface area contributed by atoms with Crippen LogP contribution in [0.15, 0.2) is 10.7 Å². The van der Waals surface area contributed by atoms with E-state index in [-0.39, 0.29) is 0 Å². The third-order valence-corrected chi connectivity index (χ3v) is 3.38. The molecule has 1 aromatic rings. The maximum absolute atomic E-state index is 11.5. The van der Waals surface area contributed by atoms with Gasteiger partial charge in [-0.25, -0.2) is 0 Å². The van der Waals surface area contributed by atoms with Crippen LogP contribution >= 0.6 is 0 Å². The number of nitrogens with zero attached hydrogens (tertiary/aromatic N) is 1. The van der Waals surface area contributed by atoms with Crippen molar-refractivity contribution in [3.8, 4) is 0 Å². The Morgan fingerprint density at radius 3 is 2.60 bits per heavy atom. The molecule has 1 saturated carbocycles. The van der Waals surface area contributed by atoms with E-state index in [1.165, 1.54) is 0 Å². The van der Waals surface area contributed by atoms with E-state index in [2.05, 4.69) is 5.16 Å². The maximum atomic E-state index is 11.5. The van der Waals surface area contributed by atoms with Crippen molar-refractivity contribution in [2.75, 3.05) is 0 Å². The molecule has 0 spiro atoms. The summed E-state index contributed by atoms with van der Waals surface area (Å²) in [4.78, 5) is 11.5. The topological polar surface area (TPSA) is 63.3 Å². The Morgan fingerprint density at radius 2 is 2.13 bits per heavy atom. The monoisotopic (exact) mass is 209 g/mol. The molecule has 1 N–H and O–H groups in total. The molecule has 0 amide bonds. The number of aryl methyl sites for hydroxylation is 1. The number of carbonyl (C=O) groups is 1. The Balaban J connectivity index is 2.42. The molecule has 1 aliphatic rings. The third-order valence-electron chi connectivity index (χ3n) is 3.38. The van der Waals surface area contributed by atoms with Crippen molar-refractivity contribution in [3.63, 3.8) is 0 Å². The van der Waals surface area contributed by atoms with Gasteiger partial charge in [0.1, 0.15) is 5.76 Å². The first-order valence-electron chi connectivity index (χ1n) is 5.32. The SMILES string of the molecule is Cc1oncc1C1(C(=O)O)CCCCC1. The van der Waals surface area contributed by atoms with Crippen LogP contribution in [-0.4, -0.2) is 16.2 Å². The smallest absolute Gasteiger partial charge is 0.314 e. The van der Waals surface area contributed by atoms with Gasteiger partial charge in [-0.15, -0.1) is 0 Å². The lowest BCUT2D eigenvalue weighted by atomic mass is 9.69. The van der Waals surface area contributed by atoms with Crippen LogP contribution in [0.2, 0.25) is 0 Å². The fourth-order valence-electron chi connectivity index (χ4n) is 2.51. The van der Waals surface area contributed by atoms with E-state index >= 15 is 0 Å². The standard InChI is InChI=1S/C11H15NO3/c1-8-9(7-12-15-8)11(10(13)14)5-3-2-4-6-11/h7H,2-6H2,1H3,(H,13,14). The van der Waals surface area contributed by atoms with E-state index in [0.29, 0.717) is 18.6 Å². The molecule has 1 aliphatic carbocycles. The highest BCUT2D eigenvalue weighted by Gasteiger charge is 2.43. The molecule has 0 radical (unpaired) electrons. The normalized spacial score (nSPS) is 20.1. The van der Waals surface area contributed by atoms with Crippen molar-refractivity contribution in [2.24, 2.45) is 0 Å². The fraction of sp³-hybridized carbons (Fsp3) is 0.636. The van der Waals surface area contributed by atoms with E-state index in [4.69, 9.17) is 4.52 Å². The predicted molar refractivity (Wildman–Crippen MR) is 53.6 cm³/mol. The predicted octanol–water partition coefficient (Wildman–Crippen LogP) is 2.27. The second-order valence-corrected chi connectivity index (χ2v) is 4.24. The molecule has 4 heteroatoms. The summed E-state index contributed by atoms with van der Waals surface area (Å²) in [5, 5.41) is 13.1. The van der Waals surface area contributed by atoms with Gasteiger partial charge in [-0.3, -0.25) is 4.79 Å². The molecular weight excluding hydrogens is 194 g/mol. The van der Waals surface area contributed by atoms with Crippen molar-refractivity contribution in [3.05, 3.63) is 17.5 Å². The molecule has 0 saturated heterocycles. The Kier molecular flexibility index (Phi) is 2.50. The zero-order chi connectivity index (χ0) is 10.9. The highest BCUT2D eigenvalue weighted by atomic mass is 16.5. The minimum absolute atomic E-state index is 0.638. The van der Waals surface area contributed by atoms with Crippen LogP contribution in [0.1, 0.15) is 43.4 Å². The summed E-state index contributed by atoms with van der Waals surface area (Å²) in [7, 11) is 0. The number of hydrogen-bond donors (Lipinski definition) is 1. The van der Waals surface area contributed by atoms with Gasteiger partial charge in [0.25, 0.3) is 0 Å². The summed E-state index contributed by atoms with van der Waals surface area (Å²) in [5.74, 6) is -0.104. The maximum Gasteiger partial charge on any atom is 0.314 e. The lowest BCUT2D eigenvalue weighted by Gasteiger charge is -2.32. The quantitative estimate of drug-likeness (QED) is 0.811. The van der Waals surface area contributed by atoms with Gasteiger partial charge in [-0.2, -0.15) is 0 Å². The number of aromatic nitrogens is 1. The fourth-order valence-corrected chi connectivity index (χ4v) is 2.51. The van der Waals surface area contributed by atoms with Crippen molar-refractivity contribution < 1.29 is 14.4 Å². The number of hydrogen-bond acceptors (Lipinski definition) is 3. The van der Waals surface area contributed by atoms with Gasteiger partial charge in [0.15, 0.2) is 0 Å². The molecule has 0 unspecified atom stereocenters. The van der Waals surface area contributed by atoms with E-state index in [9.17, 15) is 9.90 Å². The number of carboxylic acid groups (broad SMARTS) is 1. The molecule has 1 fully saturated rings. The summed E-state index contributed by atoms with van der Waals surface area (Å²) in [5.41, 5.74) is 0.0113. The molecule has 0 aliphatic heterocycles. The number of rotatable bonds is 2. The van der Waals surface area contributed by atoms with E-state index in [0.717, 1.165) is 24.8 Å². The van der Waals surface area contributed by atoms with Crippen LogP contribution in [0.3, 0.4) is 0 Å². The van der Waals surface area contributed by atoms with Crippen LogP contribution in [0.5, 0.6) is 0 Å². The number of aliphatic carboxylic acids is 1. The zero-order valence-corrected chi connectivity index (χ0v) is 8.82. The Hall–Kier alpha value is -1.32. The second kappa shape index (κ2) is 3.68. The lowest BCUT2D eigenvalue weighted by molar-refractivity contribution is -0.145. The van der Waals surface area contributed by atoms with Gasteiger partial charge in [-0.1, -0.05) is 24.4 Å². The molecule has 15 heavy (non-hydrogen) atoms. The van der Waals surface area contributed by atoms with Gasteiger partial charge in [0.05, 0.1) is 11.6 Å². The summed E-state index contributed by atoms with van der Waals surface area (Å²) >= 11 is 0. The van der Waals surface area contributed by atoms with Crippen molar-refractivity contribution in [1.82, 2.24) is 5.16 Å². The van der Waals surface area contributed by atoms with Gasteiger partial charge >= 0.3 is 5.97 Å². The third kappa shape index (κ3) is 1.54. The van der Waals surface area contributed by atoms with Crippen LogP contribution in [0, 0.1) is 6.92 Å². The zero-order valence-electron chi connectivity index (χ0n) is 8.82. The van der Waals surface area contributed by atoms with Crippen molar-refractivity contribution >= 4 is 5.97 Å². The Morgan fingerprint density at radius 1 is 1.47 bits per heavy atom. The van der Waals surface area contributed by atoms with E-state index < -0.39 is 11.4 Å².